The maximum atomic E-state index is 11.7. The second-order valence-corrected chi connectivity index (χ2v) is 5.55. The summed E-state index contributed by atoms with van der Waals surface area (Å²) in [7, 11) is 0. The van der Waals surface area contributed by atoms with Crippen molar-refractivity contribution in [2.45, 2.75) is 39.3 Å². The third kappa shape index (κ3) is 4.89. The lowest BCUT2D eigenvalue weighted by Crippen LogP contribution is -2.63. The molecule has 21 heavy (non-hydrogen) atoms. The van der Waals surface area contributed by atoms with Crippen LogP contribution in [0.4, 0.5) is 4.79 Å². The summed E-state index contributed by atoms with van der Waals surface area (Å²) in [6.45, 7) is 5.87. The predicted octanol–water partition coefficient (Wildman–Crippen LogP) is -0.310. The summed E-state index contributed by atoms with van der Waals surface area (Å²) < 4.78 is 5.57. The van der Waals surface area contributed by atoms with Crippen LogP contribution in [0.15, 0.2) is 0 Å². The van der Waals surface area contributed by atoms with Gasteiger partial charge in [0.25, 0.3) is 0 Å². The second-order valence-electron chi connectivity index (χ2n) is 5.55. The monoisotopic (exact) mass is 301 g/mol. The van der Waals surface area contributed by atoms with Crippen molar-refractivity contribution in [1.82, 2.24) is 16.0 Å². The highest BCUT2D eigenvalue weighted by atomic mass is 16.5. The lowest BCUT2D eigenvalue weighted by Gasteiger charge is -2.51. The minimum absolute atomic E-state index is 0.0175. The zero-order chi connectivity index (χ0) is 16.0. The molecule has 3 amide bonds. The van der Waals surface area contributed by atoms with Crippen molar-refractivity contribution in [2.75, 3.05) is 19.7 Å². The van der Waals surface area contributed by atoms with E-state index in [9.17, 15) is 14.4 Å². The van der Waals surface area contributed by atoms with E-state index in [4.69, 9.17) is 9.84 Å². The first-order chi connectivity index (χ1) is 9.77. The fourth-order valence-electron chi connectivity index (χ4n) is 2.22. The molecule has 0 aromatic rings. The van der Waals surface area contributed by atoms with Crippen LogP contribution in [0.2, 0.25) is 0 Å². The number of ether oxygens (including phenoxy) is 1. The van der Waals surface area contributed by atoms with Gasteiger partial charge in [0, 0.05) is 18.1 Å². The Kier molecular flexibility index (Phi) is 5.95. The quantitative estimate of drug-likeness (QED) is 0.514. The van der Waals surface area contributed by atoms with Crippen molar-refractivity contribution in [3.05, 3.63) is 0 Å². The van der Waals surface area contributed by atoms with Gasteiger partial charge in [0.05, 0.1) is 12.6 Å². The molecule has 1 aliphatic carbocycles. The molecule has 0 spiro atoms. The van der Waals surface area contributed by atoms with Gasteiger partial charge in [0.15, 0.2) is 0 Å². The van der Waals surface area contributed by atoms with Crippen LogP contribution in [0.5, 0.6) is 0 Å². The Morgan fingerprint density at radius 2 is 1.90 bits per heavy atom. The summed E-state index contributed by atoms with van der Waals surface area (Å²) in [5.41, 5.74) is -0.154. The van der Waals surface area contributed by atoms with E-state index in [-0.39, 0.29) is 24.1 Å². The number of aliphatic carboxylic acids is 1. The maximum Gasteiger partial charge on any atom is 0.322 e. The van der Waals surface area contributed by atoms with Gasteiger partial charge in [-0.25, -0.2) is 4.79 Å². The molecule has 0 saturated heterocycles. The number of carbonyl (C=O) groups is 3. The van der Waals surface area contributed by atoms with Crippen molar-refractivity contribution in [2.24, 2.45) is 5.41 Å². The number of amides is 3. The highest BCUT2D eigenvalue weighted by molar-refractivity contribution is 5.86. The van der Waals surface area contributed by atoms with Gasteiger partial charge in [-0.3, -0.25) is 9.59 Å². The molecule has 1 fully saturated rings. The van der Waals surface area contributed by atoms with E-state index in [0.29, 0.717) is 6.61 Å². The van der Waals surface area contributed by atoms with Crippen LogP contribution in [0.3, 0.4) is 0 Å². The largest absolute Gasteiger partial charge is 0.480 e. The zero-order valence-electron chi connectivity index (χ0n) is 12.6. The average Bonchev–Trinajstić information content (AvgIpc) is 2.41. The van der Waals surface area contributed by atoms with Gasteiger partial charge in [-0.2, -0.15) is 0 Å². The third-order valence-electron chi connectivity index (χ3n) is 3.70. The van der Waals surface area contributed by atoms with Crippen LogP contribution in [0.1, 0.15) is 27.2 Å². The maximum absolute atomic E-state index is 11.7. The van der Waals surface area contributed by atoms with E-state index in [2.05, 4.69) is 16.0 Å². The molecule has 0 bridgehead atoms. The van der Waals surface area contributed by atoms with Crippen LogP contribution < -0.4 is 16.0 Å². The summed E-state index contributed by atoms with van der Waals surface area (Å²) in [6, 6.07) is -0.468. The third-order valence-corrected chi connectivity index (χ3v) is 3.70. The zero-order valence-corrected chi connectivity index (χ0v) is 12.6. The van der Waals surface area contributed by atoms with Gasteiger partial charge >= 0.3 is 12.0 Å². The van der Waals surface area contributed by atoms with E-state index in [1.165, 1.54) is 0 Å². The van der Waals surface area contributed by atoms with E-state index in [1.807, 2.05) is 20.8 Å². The lowest BCUT2D eigenvalue weighted by molar-refractivity contribution is -0.137. The normalized spacial score (nSPS) is 22.8. The topological polar surface area (TPSA) is 117 Å². The molecular weight excluding hydrogens is 278 g/mol. The molecule has 0 radical (unpaired) electrons. The first kappa shape index (κ1) is 17.2. The molecule has 2 atom stereocenters. The van der Waals surface area contributed by atoms with Crippen LogP contribution in [-0.2, 0) is 14.3 Å². The predicted molar refractivity (Wildman–Crippen MR) is 74.8 cm³/mol. The van der Waals surface area contributed by atoms with Crippen molar-refractivity contribution in [3.8, 4) is 0 Å². The van der Waals surface area contributed by atoms with Gasteiger partial charge in [0.1, 0.15) is 6.54 Å². The van der Waals surface area contributed by atoms with Crippen LogP contribution in [0.25, 0.3) is 0 Å². The first-order valence-electron chi connectivity index (χ1n) is 6.91. The van der Waals surface area contributed by atoms with E-state index < -0.39 is 24.5 Å². The molecular formula is C13H23N3O5. The Morgan fingerprint density at radius 1 is 1.24 bits per heavy atom. The van der Waals surface area contributed by atoms with E-state index >= 15 is 0 Å². The highest BCUT2D eigenvalue weighted by Crippen LogP contribution is 2.42. The number of carboxylic acids is 1. The Morgan fingerprint density at radius 3 is 2.43 bits per heavy atom. The fraction of sp³-hybridized carbons (Fsp3) is 0.769. The second kappa shape index (κ2) is 7.26. The van der Waals surface area contributed by atoms with Gasteiger partial charge in [0.2, 0.25) is 5.91 Å². The van der Waals surface area contributed by atoms with Gasteiger partial charge in [-0.1, -0.05) is 13.8 Å². The Bertz CT molecular complexity index is 411. The van der Waals surface area contributed by atoms with Crippen molar-refractivity contribution in [1.29, 1.82) is 0 Å². The molecule has 0 heterocycles. The van der Waals surface area contributed by atoms with E-state index in [0.717, 1.165) is 6.42 Å². The lowest BCUT2D eigenvalue weighted by atomic mass is 9.64. The molecule has 1 aliphatic rings. The standard InChI is InChI=1S/C13H23N3O5/c1-4-21-9-5-8(13(9,2)3)16-12(20)15-6-10(17)14-7-11(18)19/h8-9H,4-7H2,1-3H3,(H,14,17)(H,18,19)(H2,15,16,20). The average molecular weight is 301 g/mol. The number of urea groups is 1. The number of hydrogen-bond acceptors (Lipinski definition) is 4. The first-order valence-corrected chi connectivity index (χ1v) is 6.91. The van der Waals surface area contributed by atoms with E-state index in [1.54, 1.807) is 0 Å². The number of carbonyl (C=O) groups excluding carboxylic acids is 2. The molecule has 0 aromatic carbocycles. The van der Waals surface area contributed by atoms with Gasteiger partial charge < -0.3 is 25.8 Å². The molecule has 8 nitrogen and oxygen atoms in total. The minimum Gasteiger partial charge on any atom is -0.480 e. The summed E-state index contributed by atoms with van der Waals surface area (Å²) in [6.07, 6.45) is 0.853. The smallest absolute Gasteiger partial charge is 0.322 e. The number of rotatable bonds is 7. The molecule has 2 unspecified atom stereocenters. The molecule has 4 N–H and O–H groups in total. The Hall–Kier alpha value is -1.83. The molecule has 1 saturated carbocycles. The summed E-state index contributed by atoms with van der Waals surface area (Å²) >= 11 is 0. The fourth-order valence-corrected chi connectivity index (χ4v) is 2.22. The van der Waals surface area contributed by atoms with Crippen LogP contribution in [-0.4, -0.2) is 54.9 Å². The summed E-state index contributed by atoms with van der Waals surface area (Å²) in [5, 5.41) is 15.7. The highest BCUT2D eigenvalue weighted by Gasteiger charge is 2.49. The minimum atomic E-state index is -1.13. The molecule has 0 aromatic heterocycles. The summed E-state index contributed by atoms with van der Waals surface area (Å²) in [4.78, 5) is 33.2. The van der Waals surface area contributed by atoms with Gasteiger partial charge in [-0.05, 0) is 13.3 Å². The summed E-state index contributed by atoms with van der Waals surface area (Å²) in [5.74, 6) is -1.68. The molecule has 8 heteroatoms. The van der Waals surface area contributed by atoms with Crippen molar-refractivity contribution < 1.29 is 24.2 Å². The van der Waals surface area contributed by atoms with Crippen molar-refractivity contribution in [3.63, 3.8) is 0 Å². The molecule has 120 valence electrons. The Labute approximate surface area is 123 Å². The van der Waals surface area contributed by atoms with Crippen LogP contribution >= 0.6 is 0 Å². The van der Waals surface area contributed by atoms with Crippen molar-refractivity contribution >= 4 is 17.9 Å². The van der Waals surface area contributed by atoms with Gasteiger partial charge in [-0.15, -0.1) is 0 Å². The molecule has 0 aliphatic heterocycles. The Balaban J connectivity index is 2.26. The number of nitrogens with one attached hydrogen (secondary N) is 3. The van der Waals surface area contributed by atoms with Crippen LogP contribution in [0, 0.1) is 5.41 Å². The number of hydrogen-bond donors (Lipinski definition) is 4. The molecule has 1 rings (SSSR count). The number of carboxylic acid groups (broad SMARTS) is 1. The SMILES string of the molecule is CCOC1CC(NC(=O)NCC(=O)NCC(=O)O)C1(C)C.